The maximum atomic E-state index is 4.58. The van der Waals surface area contributed by atoms with Gasteiger partial charge in [-0.2, -0.15) is 0 Å². The van der Waals surface area contributed by atoms with Gasteiger partial charge in [0, 0.05) is 26.4 Å². The number of hydrogen-bond donors (Lipinski definition) is 0. The van der Waals surface area contributed by atoms with Crippen molar-refractivity contribution in [1.29, 1.82) is 0 Å². The monoisotopic (exact) mass is 384 g/mol. The van der Waals surface area contributed by atoms with Crippen molar-refractivity contribution in [1.82, 2.24) is 19.1 Å². The molecule has 0 aliphatic rings. The molecule has 0 unspecified atom stereocenters. The fraction of sp³-hybridized carbons (Fsp3) is 0.280. The largest absolute Gasteiger partial charge is 0.331 e. The Morgan fingerprint density at radius 1 is 0.690 bits per heavy atom. The Bertz CT molecular complexity index is 1110. The average Bonchev–Trinajstić information content (AvgIpc) is 3.30. The average molecular weight is 385 g/mol. The number of aromatic nitrogens is 4. The quantitative estimate of drug-likeness (QED) is 0.433. The Balaban J connectivity index is 1.59. The van der Waals surface area contributed by atoms with Gasteiger partial charge in [0.05, 0.1) is 23.8 Å². The Kier molecular flexibility index (Phi) is 5.10. The van der Waals surface area contributed by atoms with Crippen molar-refractivity contribution in [3.05, 3.63) is 72.6 Å². The Labute approximate surface area is 172 Å². The van der Waals surface area contributed by atoms with Crippen molar-refractivity contribution >= 4 is 0 Å². The Morgan fingerprint density at radius 3 is 1.55 bits per heavy atom. The zero-order chi connectivity index (χ0) is 20.5. The molecule has 29 heavy (non-hydrogen) atoms. The fourth-order valence-corrected chi connectivity index (χ4v) is 3.94. The minimum Gasteiger partial charge on any atom is -0.331 e. The van der Waals surface area contributed by atoms with E-state index in [-0.39, 0.29) is 0 Å². The van der Waals surface area contributed by atoms with Gasteiger partial charge in [-0.15, -0.1) is 0 Å². The van der Waals surface area contributed by atoms with Gasteiger partial charge in [-0.3, -0.25) is 0 Å². The lowest BCUT2D eigenvalue weighted by molar-refractivity contribution is 0.714. The molecule has 2 heterocycles. The first-order chi connectivity index (χ1) is 14.0. The van der Waals surface area contributed by atoms with Crippen molar-refractivity contribution in [3.63, 3.8) is 0 Å². The van der Waals surface area contributed by atoms with E-state index in [1.165, 1.54) is 22.3 Å². The number of rotatable bonds is 5. The maximum Gasteiger partial charge on any atom is 0.111 e. The summed E-state index contributed by atoms with van der Waals surface area (Å²) in [4.78, 5) is 9.09. The molecule has 2 aromatic heterocycles. The van der Waals surface area contributed by atoms with Gasteiger partial charge in [0.1, 0.15) is 11.6 Å². The molecule has 0 amide bonds. The second-order valence-electron chi connectivity index (χ2n) is 7.84. The molecule has 4 rings (SSSR count). The van der Waals surface area contributed by atoms with E-state index in [1.807, 2.05) is 12.4 Å². The summed E-state index contributed by atoms with van der Waals surface area (Å²) in [5, 5.41) is 0. The van der Waals surface area contributed by atoms with E-state index < -0.39 is 0 Å². The molecule has 0 N–H and O–H groups in total. The van der Waals surface area contributed by atoms with E-state index in [0.29, 0.717) is 5.92 Å². The third-order valence-electron chi connectivity index (χ3n) is 5.64. The molecule has 0 atom stereocenters. The lowest BCUT2D eigenvalue weighted by Crippen LogP contribution is -2.01. The number of imidazole rings is 2. The van der Waals surface area contributed by atoms with E-state index >= 15 is 0 Å². The molecule has 0 aliphatic heterocycles. The number of hydrogen-bond acceptors (Lipinski definition) is 2. The van der Waals surface area contributed by atoms with Gasteiger partial charge >= 0.3 is 0 Å². The van der Waals surface area contributed by atoms with Gasteiger partial charge < -0.3 is 9.13 Å². The van der Waals surface area contributed by atoms with Crippen LogP contribution in [0.4, 0.5) is 0 Å². The van der Waals surface area contributed by atoms with Gasteiger partial charge in [0.2, 0.25) is 0 Å². The first-order valence-corrected chi connectivity index (χ1v) is 10.2. The number of nitrogens with zero attached hydrogens (tertiary/aromatic N) is 4. The minimum absolute atomic E-state index is 0.416. The van der Waals surface area contributed by atoms with E-state index in [1.54, 1.807) is 0 Å². The van der Waals surface area contributed by atoms with Crippen LogP contribution in [0.2, 0.25) is 0 Å². The molecule has 4 nitrogen and oxygen atoms in total. The summed E-state index contributed by atoms with van der Waals surface area (Å²) in [5.41, 5.74) is 7.11. The predicted octanol–water partition coefficient (Wildman–Crippen LogP) is 5.84. The summed E-state index contributed by atoms with van der Waals surface area (Å²) in [6, 6.07) is 17.5. The third kappa shape index (κ3) is 3.51. The summed E-state index contributed by atoms with van der Waals surface area (Å²) in [5.74, 6) is 2.64. The van der Waals surface area contributed by atoms with Crippen molar-refractivity contribution in [3.8, 4) is 33.6 Å². The highest BCUT2D eigenvalue weighted by molar-refractivity contribution is 5.71. The minimum atomic E-state index is 0.416. The van der Waals surface area contributed by atoms with E-state index in [4.69, 9.17) is 0 Å². The zero-order valence-corrected chi connectivity index (χ0v) is 17.8. The van der Waals surface area contributed by atoms with E-state index in [9.17, 15) is 0 Å². The van der Waals surface area contributed by atoms with Crippen molar-refractivity contribution in [2.45, 2.75) is 33.1 Å². The normalized spacial score (nSPS) is 11.4. The Morgan fingerprint density at radius 2 is 1.14 bits per heavy atom. The summed E-state index contributed by atoms with van der Waals surface area (Å²) < 4.78 is 4.36. The summed E-state index contributed by atoms with van der Waals surface area (Å²) in [6.45, 7) is 6.48. The van der Waals surface area contributed by atoms with Crippen molar-refractivity contribution in [2.24, 2.45) is 14.1 Å². The standard InChI is InChI=1S/C25H28N4/c1-6-24-26-15-22(28(24)4)20-11-7-18(8-12-20)19-9-13-21(14-10-19)23-16-27-25(17(2)3)29(23)5/h7-17H,6H2,1-5H3. The van der Waals surface area contributed by atoms with Crippen LogP contribution in [-0.2, 0) is 20.5 Å². The smallest absolute Gasteiger partial charge is 0.111 e. The molecule has 0 spiro atoms. The van der Waals surface area contributed by atoms with Crippen molar-refractivity contribution in [2.75, 3.05) is 0 Å². The highest BCUT2D eigenvalue weighted by Crippen LogP contribution is 2.28. The van der Waals surface area contributed by atoms with Crippen molar-refractivity contribution < 1.29 is 0 Å². The van der Waals surface area contributed by atoms with Crippen LogP contribution in [0.25, 0.3) is 33.6 Å². The van der Waals surface area contributed by atoms with Crippen LogP contribution in [0.5, 0.6) is 0 Å². The first kappa shape index (κ1) is 19.2. The number of aryl methyl sites for hydroxylation is 1. The highest BCUT2D eigenvalue weighted by atomic mass is 15.1. The first-order valence-electron chi connectivity index (χ1n) is 10.2. The summed E-state index contributed by atoms with van der Waals surface area (Å²) >= 11 is 0. The predicted molar refractivity (Wildman–Crippen MR) is 120 cm³/mol. The van der Waals surface area contributed by atoms with Gasteiger partial charge in [-0.05, 0) is 22.3 Å². The fourth-order valence-electron chi connectivity index (χ4n) is 3.94. The molecule has 0 saturated heterocycles. The van der Waals surface area contributed by atoms with Gasteiger partial charge in [0.15, 0.2) is 0 Å². The van der Waals surface area contributed by atoms with Crippen LogP contribution in [0, 0.1) is 0 Å². The molecular formula is C25H28N4. The van der Waals surface area contributed by atoms with Gasteiger partial charge in [0.25, 0.3) is 0 Å². The summed E-state index contributed by atoms with van der Waals surface area (Å²) in [6.07, 6.45) is 4.87. The SMILES string of the molecule is CCc1ncc(-c2ccc(-c3ccc(-c4cnc(C(C)C)n4C)cc3)cc2)n1C. The number of benzene rings is 2. The maximum absolute atomic E-state index is 4.58. The second-order valence-corrected chi connectivity index (χ2v) is 7.84. The second kappa shape index (κ2) is 7.70. The van der Waals surface area contributed by atoms with E-state index in [0.717, 1.165) is 29.5 Å². The molecular weight excluding hydrogens is 356 g/mol. The molecule has 0 radical (unpaired) electrons. The van der Waals surface area contributed by atoms with Crippen LogP contribution in [0.3, 0.4) is 0 Å². The lowest BCUT2D eigenvalue weighted by atomic mass is 10.0. The van der Waals surface area contributed by atoms with E-state index in [2.05, 4.69) is 102 Å². The van der Waals surface area contributed by atoms with Gasteiger partial charge in [-0.1, -0.05) is 69.3 Å². The van der Waals surface area contributed by atoms with Crippen LogP contribution in [-0.4, -0.2) is 19.1 Å². The molecule has 4 aromatic rings. The molecule has 2 aromatic carbocycles. The summed E-state index contributed by atoms with van der Waals surface area (Å²) in [7, 11) is 4.17. The van der Waals surface area contributed by atoms with Gasteiger partial charge in [-0.25, -0.2) is 9.97 Å². The molecule has 4 heteroatoms. The molecule has 148 valence electrons. The molecule has 0 bridgehead atoms. The molecule has 0 saturated carbocycles. The van der Waals surface area contributed by atoms with Crippen LogP contribution in [0.1, 0.15) is 38.3 Å². The highest BCUT2D eigenvalue weighted by Gasteiger charge is 2.12. The lowest BCUT2D eigenvalue weighted by Gasteiger charge is -2.10. The molecule has 0 aliphatic carbocycles. The topological polar surface area (TPSA) is 35.6 Å². The Hall–Kier alpha value is -3.14. The van der Waals surface area contributed by atoms with Crippen LogP contribution >= 0.6 is 0 Å². The third-order valence-corrected chi connectivity index (χ3v) is 5.64. The van der Waals surface area contributed by atoms with Crippen LogP contribution in [0.15, 0.2) is 60.9 Å². The van der Waals surface area contributed by atoms with Crippen LogP contribution < -0.4 is 0 Å². The zero-order valence-electron chi connectivity index (χ0n) is 17.8. The molecule has 0 fully saturated rings.